The standard InChI is InChI=1S/C10H9BrCl/c1-3-7(2)8-5-4-6-9(12)10(8)11/h3-6H,1H2,2H3. The Balaban J connectivity index is 3.15. The Morgan fingerprint density at radius 2 is 2.25 bits per heavy atom. The fourth-order valence-electron chi connectivity index (χ4n) is 0.918. The Morgan fingerprint density at radius 3 is 2.83 bits per heavy atom. The van der Waals surface area contributed by atoms with E-state index in [1.54, 1.807) is 0 Å². The molecule has 0 N–H and O–H groups in total. The summed E-state index contributed by atoms with van der Waals surface area (Å²) in [7, 11) is 0. The predicted molar refractivity (Wildman–Crippen MR) is 57.4 cm³/mol. The molecule has 0 spiro atoms. The quantitative estimate of drug-likeness (QED) is 0.730. The van der Waals surface area contributed by atoms with Gasteiger partial charge in [0.05, 0.1) is 5.02 Å². The second-order valence-electron chi connectivity index (χ2n) is 2.49. The van der Waals surface area contributed by atoms with E-state index in [9.17, 15) is 0 Å². The second kappa shape index (κ2) is 4.11. The number of hydrogen-bond donors (Lipinski definition) is 0. The molecule has 0 aliphatic carbocycles. The van der Waals surface area contributed by atoms with Gasteiger partial charge in [-0.2, -0.15) is 0 Å². The summed E-state index contributed by atoms with van der Waals surface area (Å²) in [6.07, 6.45) is 1.82. The highest BCUT2D eigenvalue weighted by Gasteiger charge is 2.08. The fourth-order valence-corrected chi connectivity index (χ4v) is 1.67. The van der Waals surface area contributed by atoms with Gasteiger partial charge in [-0.1, -0.05) is 36.7 Å². The Kier molecular flexibility index (Phi) is 3.36. The van der Waals surface area contributed by atoms with Crippen LogP contribution in [0.5, 0.6) is 0 Å². The highest BCUT2D eigenvalue weighted by atomic mass is 79.9. The first-order valence-electron chi connectivity index (χ1n) is 3.57. The first-order valence-corrected chi connectivity index (χ1v) is 4.74. The van der Waals surface area contributed by atoms with Crippen molar-refractivity contribution in [1.82, 2.24) is 0 Å². The van der Waals surface area contributed by atoms with Crippen LogP contribution < -0.4 is 0 Å². The van der Waals surface area contributed by atoms with Crippen molar-refractivity contribution in [2.24, 2.45) is 0 Å². The number of benzene rings is 1. The summed E-state index contributed by atoms with van der Waals surface area (Å²) in [4.78, 5) is 0. The maximum absolute atomic E-state index is 5.92. The summed E-state index contributed by atoms with van der Waals surface area (Å²) in [5, 5.41) is 0.730. The van der Waals surface area contributed by atoms with Gasteiger partial charge in [0.2, 0.25) is 0 Å². The first-order chi connectivity index (χ1) is 5.66. The van der Waals surface area contributed by atoms with Gasteiger partial charge in [-0.05, 0) is 27.6 Å². The monoisotopic (exact) mass is 243 g/mol. The average molecular weight is 245 g/mol. The van der Waals surface area contributed by atoms with Crippen molar-refractivity contribution in [2.75, 3.05) is 0 Å². The molecule has 1 rings (SSSR count). The van der Waals surface area contributed by atoms with E-state index in [1.165, 1.54) is 0 Å². The van der Waals surface area contributed by atoms with Crippen LogP contribution in [0.15, 0.2) is 35.3 Å². The summed E-state index contributed by atoms with van der Waals surface area (Å²) < 4.78 is 0.934. The minimum absolute atomic E-state index is 0.730. The molecule has 0 unspecified atom stereocenters. The van der Waals surface area contributed by atoms with Crippen molar-refractivity contribution in [2.45, 2.75) is 6.92 Å². The highest BCUT2D eigenvalue weighted by Crippen LogP contribution is 2.30. The molecule has 0 bridgehead atoms. The molecule has 0 fully saturated rings. The third-order valence-electron chi connectivity index (χ3n) is 1.68. The Bertz CT molecular complexity index is 294. The fraction of sp³-hybridized carbons (Fsp3) is 0.100. The third kappa shape index (κ3) is 1.90. The molecule has 0 saturated heterocycles. The van der Waals surface area contributed by atoms with Crippen LogP contribution in [0.25, 0.3) is 0 Å². The molecule has 12 heavy (non-hydrogen) atoms. The molecule has 0 aliphatic heterocycles. The molecule has 0 aliphatic rings. The zero-order valence-electron chi connectivity index (χ0n) is 6.77. The SMILES string of the molecule is C=C[C](C)c1cccc(Cl)c1Br. The van der Waals surface area contributed by atoms with Gasteiger partial charge in [0, 0.05) is 10.4 Å². The van der Waals surface area contributed by atoms with E-state index in [0.29, 0.717) is 0 Å². The van der Waals surface area contributed by atoms with Gasteiger partial charge < -0.3 is 0 Å². The Labute approximate surface area is 86.4 Å². The molecular weight excluding hydrogens is 235 g/mol. The number of rotatable bonds is 2. The second-order valence-corrected chi connectivity index (χ2v) is 3.69. The molecular formula is C10H9BrCl. The topological polar surface area (TPSA) is 0 Å². The molecule has 1 radical (unpaired) electrons. The van der Waals surface area contributed by atoms with E-state index in [0.717, 1.165) is 21.0 Å². The molecule has 0 nitrogen and oxygen atoms in total. The molecule has 0 atom stereocenters. The van der Waals surface area contributed by atoms with Gasteiger partial charge in [-0.15, -0.1) is 6.58 Å². The minimum atomic E-state index is 0.730. The highest BCUT2D eigenvalue weighted by molar-refractivity contribution is 9.10. The van der Waals surface area contributed by atoms with Crippen molar-refractivity contribution in [3.63, 3.8) is 0 Å². The maximum atomic E-state index is 5.92. The molecule has 1 aromatic carbocycles. The van der Waals surface area contributed by atoms with E-state index < -0.39 is 0 Å². The molecule has 63 valence electrons. The molecule has 2 heteroatoms. The van der Waals surface area contributed by atoms with Crippen LogP contribution in [0.2, 0.25) is 5.02 Å². The van der Waals surface area contributed by atoms with Gasteiger partial charge in [-0.3, -0.25) is 0 Å². The van der Waals surface area contributed by atoms with Crippen LogP contribution in [-0.2, 0) is 0 Å². The smallest absolute Gasteiger partial charge is 0.0551 e. The van der Waals surface area contributed by atoms with Gasteiger partial charge >= 0.3 is 0 Å². The minimum Gasteiger partial charge on any atom is -0.102 e. The van der Waals surface area contributed by atoms with Crippen molar-refractivity contribution in [1.29, 1.82) is 0 Å². The van der Waals surface area contributed by atoms with Crippen molar-refractivity contribution in [3.05, 3.63) is 51.8 Å². The van der Waals surface area contributed by atoms with Gasteiger partial charge in [-0.25, -0.2) is 0 Å². The van der Waals surface area contributed by atoms with Crippen molar-refractivity contribution in [3.8, 4) is 0 Å². The predicted octanol–water partition coefficient (Wildman–Crippen LogP) is 4.23. The summed E-state index contributed by atoms with van der Waals surface area (Å²) >= 11 is 9.34. The van der Waals surface area contributed by atoms with E-state index >= 15 is 0 Å². The Morgan fingerprint density at radius 1 is 1.58 bits per heavy atom. The zero-order valence-corrected chi connectivity index (χ0v) is 9.11. The van der Waals surface area contributed by atoms with E-state index in [1.807, 2.05) is 31.2 Å². The van der Waals surface area contributed by atoms with Crippen molar-refractivity contribution >= 4 is 27.5 Å². The van der Waals surface area contributed by atoms with Crippen LogP contribution in [-0.4, -0.2) is 0 Å². The molecule has 0 amide bonds. The van der Waals surface area contributed by atoms with E-state index in [4.69, 9.17) is 11.6 Å². The Hall–Kier alpha value is -0.270. The summed E-state index contributed by atoms with van der Waals surface area (Å²) in [5.74, 6) is 1.12. The van der Waals surface area contributed by atoms with Gasteiger partial charge in [0.25, 0.3) is 0 Å². The van der Waals surface area contributed by atoms with Gasteiger partial charge in [0.15, 0.2) is 0 Å². The summed E-state index contributed by atoms with van der Waals surface area (Å²) in [6.45, 7) is 5.71. The number of hydrogen-bond acceptors (Lipinski definition) is 0. The summed E-state index contributed by atoms with van der Waals surface area (Å²) in [6, 6.07) is 5.79. The van der Waals surface area contributed by atoms with Crippen LogP contribution in [0.1, 0.15) is 12.5 Å². The first kappa shape index (κ1) is 9.82. The molecule has 0 aromatic heterocycles. The molecule has 0 saturated carbocycles. The van der Waals surface area contributed by atoms with Crippen molar-refractivity contribution < 1.29 is 0 Å². The lowest BCUT2D eigenvalue weighted by atomic mass is 10.0. The lowest BCUT2D eigenvalue weighted by Gasteiger charge is -2.08. The van der Waals surface area contributed by atoms with Crippen LogP contribution in [0.3, 0.4) is 0 Å². The zero-order chi connectivity index (χ0) is 9.14. The van der Waals surface area contributed by atoms with E-state index in [2.05, 4.69) is 22.5 Å². The normalized spacial score (nSPS) is 10.3. The number of allylic oxidation sites excluding steroid dienone is 1. The molecule has 0 heterocycles. The van der Waals surface area contributed by atoms with E-state index in [-0.39, 0.29) is 0 Å². The number of halogens is 2. The van der Waals surface area contributed by atoms with Crippen LogP contribution >= 0.6 is 27.5 Å². The van der Waals surface area contributed by atoms with Crippen LogP contribution in [0.4, 0.5) is 0 Å². The molecule has 1 aromatic rings. The lowest BCUT2D eigenvalue weighted by Crippen LogP contribution is -1.91. The lowest BCUT2D eigenvalue weighted by molar-refractivity contribution is 1.24. The maximum Gasteiger partial charge on any atom is 0.0551 e. The van der Waals surface area contributed by atoms with Gasteiger partial charge in [0.1, 0.15) is 0 Å². The average Bonchev–Trinajstić information content (AvgIpc) is 2.08. The largest absolute Gasteiger partial charge is 0.102 e. The third-order valence-corrected chi connectivity index (χ3v) is 3.08. The van der Waals surface area contributed by atoms with Crippen LogP contribution in [0, 0.1) is 5.92 Å². The summed E-state index contributed by atoms with van der Waals surface area (Å²) in [5.41, 5.74) is 1.09.